The second-order valence-electron chi connectivity index (χ2n) is 15.2. The van der Waals surface area contributed by atoms with Crippen molar-refractivity contribution in [2.24, 2.45) is 0 Å². The van der Waals surface area contributed by atoms with Crippen LogP contribution in [-0.2, 0) is 18.4 Å². The molecular formula is C43H79N2O7P. The average molecular weight is 767 g/mol. The molecule has 0 aromatic heterocycles. The van der Waals surface area contributed by atoms with Crippen LogP contribution in [-0.4, -0.2) is 79.8 Å². The minimum atomic E-state index is -4.61. The zero-order chi connectivity index (χ0) is 39.5. The van der Waals surface area contributed by atoms with Crippen LogP contribution in [0, 0.1) is 0 Å². The number of allylic oxidation sites excluding steroid dienone is 7. The van der Waals surface area contributed by atoms with Crippen LogP contribution in [0.4, 0.5) is 0 Å². The lowest BCUT2D eigenvalue weighted by atomic mass is 10.0. The van der Waals surface area contributed by atoms with Gasteiger partial charge < -0.3 is 34.0 Å². The van der Waals surface area contributed by atoms with Crippen molar-refractivity contribution in [2.75, 3.05) is 40.9 Å². The predicted octanol–water partition coefficient (Wildman–Crippen LogP) is 9.41. The highest BCUT2D eigenvalue weighted by atomic mass is 31.2. The summed E-state index contributed by atoms with van der Waals surface area (Å²) in [6.07, 6.45) is 40.1. The second kappa shape index (κ2) is 34.6. The minimum absolute atomic E-state index is 0.0248. The largest absolute Gasteiger partial charge is 0.756 e. The van der Waals surface area contributed by atoms with Gasteiger partial charge in [0.05, 0.1) is 46.0 Å². The Labute approximate surface area is 324 Å². The number of phosphoric acid groups is 1. The summed E-state index contributed by atoms with van der Waals surface area (Å²) in [5, 5.41) is 23.7. The number of likely N-dealkylation sites (N-methyl/N-ethyl adjacent to an activating group) is 1. The number of nitrogens with one attached hydrogen (secondary N) is 1. The number of rotatable bonds is 36. The number of quaternary nitrogens is 1. The van der Waals surface area contributed by atoms with Crippen molar-refractivity contribution in [2.45, 2.75) is 167 Å². The highest BCUT2D eigenvalue weighted by molar-refractivity contribution is 7.45. The summed E-state index contributed by atoms with van der Waals surface area (Å²) in [7, 11) is 1.18. The van der Waals surface area contributed by atoms with Gasteiger partial charge in [-0.3, -0.25) is 9.36 Å². The van der Waals surface area contributed by atoms with Gasteiger partial charge in [0, 0.05) is 6.42 Å². The number of amides is 1. The van der Waals surface area contributed by atoms with Crippen molar-refractivity contribution in [3.05, 3.63) is 60.8 Å². The van der Waals surface area contributed by atoms with Crippen LogP contribution in [0.15, 0.2) is 60.8 Å². The van der Waals surface area contributed by atoms with E-state index in [-0.39, 0.29) is 18.9 Å². The Kier molecular flexibility index (Phi) is 33.4. The Hall–Kier alpha value is -1.84. The van der Waals surface area contributed by atoms with E-state index in [1.807, 2.05) is 63.7 Å². The Morgan fingerprint density at radius 3 is 1.94 bits per heavy atom. The Morgan fingerprint density at radius 1 is 0.717 bits per heavy atom. The first-order valence-corrected chi connectivity index (χ1v) is 22.2. The topological polar surface area (TPSA) is 128 Å². The molecule has 4 atom stereocenters. The molecule has 9 nitrogen and oxygen atoms in total. The number of carbonyl (C=O) groups excluding carboxylic acids is 1. The van der Waals surface area contributed by atoms with Gasteiger partial charge in [0.25, 0.3) is 7.82 Å². The number of hydrogen-bond donors (Lipinski definition) is 3. The zero-order valence-electron chi connectivity index (χ0n) is 34.3. The molecule has 308 valence electrons. The fourth-order valence-electron chi connectivity index (χ4n) is 5.40. The number of unbranched alkanes of at least 4 members (excludes halogenated alkanes) is 15. The van der Waals surface area contributed by atoms with Gasteiger partial charge >= 0.3 is 0 Å². The number of hydrogen-bond acceptors (Lipinski definition) is 7. The van der Waals surface area contributed by atoms with Crippen LogP contribution in [0.1, 0.15) is 149 Å². The third-order valence-corrected chi connectivity index (χ3v) is 9.77. The highest BCUT2D eigenvalue weighted by Gasteiger charge is 2.23. The molecule has 0 spiro atoms. The fraction of sp³-hybridized carbons (Fsp3) is 0.744. The third kappa shape index (κ3) is 36.9. The highest BCUT2D eigenvalue weighted by Crippen LogP contribution is 2.38. The van der Waals surface area contributed by atoms with Crippen LogP contribution >= 0.6 is 7.82 Å². The molecule has 0 aliphatic heterocycles. The SMILES string of the molecule is CCCCC/C=C\C[C@H](O)/C=C/C=C\C/C=C\CCCC(=O)N[C@@H](COP(=O)([O-])OCC[N+](C)(C)C)[C@H](O)/C=C/CCCCCCCCCCCCC. The first-order valence-electron chi connectivity index (χ1n) is 20.8. The van der Waals surface area contributed by atoms with Gasteiger partial charge in [-0.25, -0.2) is 0 Å². The van der Waals surface area contributed by atoms with E-state index in [1.54, 1.807) is 12.2 Å². The maximum atomic E-state index is 12.8. The molecule has 1 unspecified atom stereocenters. The van der Waals surface area contributed by atoms with Gasteiger partial charge in [0.15, 0.2) is 0 Å². The van der Waals surface area contributed by atoms with E-state index in [9.17, 15) is 24.5 Å². The number of nitrogens with zero attached hydrogens (tertiary/aromatic N) is 1. The molecule has 0 aliphatic carbocycles. The molecule has 0 heterocycles. The molecule has 0 fully saturated rings. The molecular weight excluding hydrogens is 687 g/mol. The van der Waals surface area contributed by atoms with Gasteiger partial charge in [0.2, 0.25) is 5.91 Å². The Bertz CT molecular complexity index is 1070. The van der Waals surface area contributed by atoms with Crippen molar-refractivity contribution < 1.29 is 38.0 Å². The van der Waals surface area contributed by atoms with E-state index in [4.69, 9.17) is 9.05 Å². The summed E-state index contributed by atoms with van der Waals surface area (Å²) < 4.78 is 23.1. The lowest BCUT2D eigenvalue weighted by molar-refractivity contribution is -0.870. The average Bonchev–Trinajstić information content (AvgIpc) is 3.10. The van der Waals surface area contributed by atoms with E-state index >= 15 is 0 Å². The van der Waals surface area contributed by atoms with Crippen LogP contribution in [0.25, 0.3) is 0 Å². The number of aliphatic hydroxyl groups is 2. The van der Waals surface area contributed by atoms with E-state index < -0.39 is 32.7 Å². The van der Waals surface area contributed by atoms with Crippen molar-refractivity contribution >= 4 is 13.7 Å². The second-order valence-corrected chi connectivity index (χ2v) is 16.6. The first kappa shape index (κ1) is 51.2. The summed E-state index contributed by atoms with van der Waals surface area (Å²) in [5.41, 5.74) is 0. The van der Waals surface area contributed by atoms with Crippen LogP contribution < -0.4 is 10.2 Å². The maximum Gasteiger partial charge on any atom is 0.268 e. The van der Waals surface area contributed by atoms with Gasteiger partial charge in [-0.15, -0.1) is 0 Å². The van der Waals surface area contributed by atoms with E-state index in [1.165, 1.54) is 77.0 Å². The molecule has 0 saturated carbocycles. The summed E-state index contributed by atoms with van der Waals surface area (Å²) in [4.78, 5) is 25.2. The Balaban J connectivity index is 4.67. The van der Waals surface area contributed by atoms with Gasteiger partial charge in [0.1, 0.15) is 13.2 Å². The molecule has 53 heavy (non-hydrogen) atoms. The molecule has 0 radical (unpaired) electrons. The first-order chi connectivity index (χ1) is 25.4. The molecule has 0 bridgehead atoms. The van der Waals surface area contributed by atoms with Crippen LogP contribution in [0.5, 0.6) is 0 Å². The van der Waals surface area contributed by atoms with Crippen molar-refractivity contribution in [3.8, 4) is 0 Å². The number of carbonyl (C=O) groups is 1. The molecule has 3 N–H and O–H groups in total. The lowest BCUT2D eigenvalue weighted by Gasteiger charge is -2.29. The van der Waals surface area contributed by atoms with E-state index in [0.717, 1.165) is 32.1 Å². The summed E-state index contributed by atoms with van der Waals surface area (Å²) in [6, 6.07) is -0.936. The summed E-state index contributed by atoms with van der Waals surface area (Å²) >= 11 is 0. The standard InChI is InChI=1S/C43H79N2O7P/c1-6-8-10-12-14-15-16-17-18-19-23-27-31-35-42(47)41(39-52-53(49,50)51-38-37-45(3,4)5)44-43(48)36-32-28-24-21-20-22-26-30-34-40(46)33-29-25-13-11-9-7-2/h21-22,24-26,29-31,34-35,40-42,46-47H,6-20,23,27-28,32-33,36-39H2,1-5H3,(H-,44,48,49,50)/b24-21-,26-22-,29-25-,34-30+,35-31+/t40-,41-,42+/m0/s1. The van der Waals surface area contributed by atoms with Crippen molar-refractivity contribution in [1.29, 1.82) is 0 Å². The van der Waals surface area contributed by atoms with Gasteiger partial charge in [-0.2, -0.15) is 0 Å². The quantitative estimate of drug-likeness (QED) is 0.0191. The normalized spacial score (nSPS) is 15.7. The zero-order valence-corrected chi connectivity index (χ0v) is 35.2. The molecule has 1 amide bonds. The molecule has 0 rings (SSSR count). The van der Waals surface area contributed by atoms with Crippen LogP contribution in [0.3, 0.4) is 0 Å². The third-order valence-electron chi connectivity index (χ3n) is 8.80. The summed E-state index contributed by atoms with van der Waals surface area (Å²) in [6.45, 7) is 4.46. The van der Waals surface area contributed by atoms with E-state index in [0.29, 0.717) is 30.3 Å². The molecule has 0 saturated heterocycles. The molecule has 0 aromatic rings. The maximum absolute atomic E-state index is 12.8. The minimum Gasteiger partial charge on any atom is -0.756 e. The lowest BCUT2D eigenvalue weighted by Crippen LogP contribution is -2.45. The monoisotopic (exact) mass is 767 g/mol. The molecule has 10 heteroatoms. The molecule has 0 aliphatic rings. The van der Waals surface area contributed by atoms with Crippen LogP contribution in [0.2, 0.25) is 0 Å². The summed E-state index contributed by atoms with van der Waals surface area (Å²) in [5.74, 6) is -0.282. The molecule has 0 aromatic carbocycles. The smallest absolute Gasteiger partial charge is 0.268 e. The van der Waals surface area contributed by atoms with Gasteiger partial charge in [-0.05, 0) is 51.4 Å². The van der Waals surface area contributed by atoms with E-state index in [2.05, 4.69) is 25.2 Å². The Morgan fingerprint density at radius 2 is 1.28 bits per heavy atom. The van der Waals surface area contributed by atoms with Gasteiger partial charge in [-0.1, -0.05) is 152 Å². The van der Waals surface area contributed by atoms with Crippen molar-refractivity contribution in [1.82, 2.24) is 5.32 Å². The predicted molar refractivity (Wildman–Crippen MR) is 220 cm³/mol. The number of aliphatic hydroxyl groups excluding tert-OH is 2. The van der Waals surface area contributed by atoms with Crippen molar-refractivity contribution in [3.63, 3.8) is 0 Å². The fourth-order valence-corrected chi connectivity index (χ4v) is 6.13. The number of phosphoric ester groups is 1.